The van der Waals surface area contributed by atoms with E-state index in [0.29, 0.717) is 51.9 Å². The average molecular weight is 397 g/mol. The molecule has 4 saturated heterocycles. The van der Waals surface area contributed by atoms with Crippen molar-refractivity contribution in [2.75, 3.05) is 26.2 Å². The van der Waals surface area contributed by atoms with E-state index >= 15 is 0 Å². The average Bonchev–Trinajstić information content (AvgIpc) is 3.37. The first-order valence-electron chi connectivity index (χ1n) is 10.6. The van der Waals surface area contributed by atoms with Gasteiger partial charge in [0.15, 0.2) is 5.72 Å². The van der Waals surface area contributed by atoms with E-state index in [0.717, 1.165) is 5.56 Å². The van der Waals surface area contributed by atoms with Crippen molar-refractivity contribution < 1.29 is 19.1 Å². The van der Waals surface area contributed by atoms with Gasteiger partial charge in [0.2, 0.25) is 17.7 Å². The zero-order valence-electron chi connectivity index (χ0n) is 16.8. The van der Waals surface area contributed by atoms with E-state index in [1.165, 1.54) is 0 Å². The van der Waals surface area contributed by atoms with Gasteiger partial charge in [-0.15, -0.1) is 0 Å². The normalized spacial score (nSPS) is 31.9. The summed E-state index contributed by atoms with van der Waals surface area (Å²) in [6, 6.07) is 9.72. The zero-order valence-corrected chi connectivity index (χ0v) is 16.8. The second-order valence-electron chi connectivity index (χ2n) is 8.63. The van der Waals surface area contributed by atoms with Crippen LogP contribution >= 0.6 is 0 Å². The maximum Gasteiger partial charge on any atom is 0.227 e. The van der Waals surface area contributed by atoms with Crippen molar-refractivity contribution in [2.24, 2.45) is 5.92 Å². The molecule has 3 atom stereocenters. The van der Waals surface area contributed by atoms with Crippen LogP contribution in [0, 0.1) is 5.92 Å². The van der Waals surface area contributed by atoms with Crippen LogP contribution in [-0.2, 0) is 19.1 Å². The SMILES string of the molecule is CC(=O)N1CCC(C(=O)N2CC[C@@]34OC[C@@H](c5ccccc5)N3C(=O)C[C@@H]24)CC1. The molecular weight excluding hydrogens is 370 g/mol. The molecule has 1 aromatic rings. The maximum atomic E-state index is 13.3. The number of carbonyl (C=O) groups is 3. The Balaban J connectivity index is 1.34. The highest BCUT2D eigenvalue weighted by atomic mass is 16.5. The van der Waals surface area contributed by atoms with Crippen LogP contribution in [0.3, 0.4) is 0 Å². The van der Waals surface area contributed by atoms with Crippen LogP contribution < -0.4 is 0 Å². The Kier molecular flexibility index (Phi) is 4.38. The third-order valence-electron chi connectivity index (χ3n) is 7.21. The third-order valence-corrected chi connectivity index (χ3v) is 7.21. The molecule has 0 N–H and O–H groups in total. The number of benzene rings is 1. The molecule has 0 bridgehead atoms. The summed E-state index contributed by atoms with van der Waals surface area (Å²) in [6.45, 7) is 3.94. The highest BCUT2D eigenvalue weighted by molar-refractivity contribution is 5.86. The summed E-state index contributed by atoms with van der Waals surface area (Å²) in [5.41, 5.74) is 0.410. The third kappa shape index (κ3) is 2.78. The van der Waals surface area contributed by atoms with Gasteiger partial charge in [-0.1, -0.05) is 30.3 Å². The number of amides is 3. The van der Waals surface area contributed by atoms with Crippen molar-refractivity contribution in [1.29, 1.82) is 0 Å². The summed E-state index contributed by atoms with van der Waals surface area (Å²) in [7, 11) is 0. The van der Waals surface area contributed by atoms with Crippen molar-refractivity contribution in [3.63, 3.8) is 0 Å². The van der Waals surface area contributed by atoms with Gasteiger partial charge >= 0.3 is 0 Å². The molecule has 154 valence electrons. The largest absolute Gasteiger partial charge is 0.351 e. The van der Waals surface area contributed by atoms with Crippen molar-refractivity contribution in [3.8, 4) is 0 Å². The van der Waals surface area contributed by atoms with Crippen LogP contribution in [-0.4, -0.2) is 70.4 Å². The van der Waals surface area contributed by atoms with Gasteiger partial charge in [-0.25, -0.2) is 0 Å². The first-order chi connectivity index (χ1) is 14.0. The Morgan fingerprint density at radius 3 is 2.52 bits per heavy atom. The molecule has 0 unspecified atom stereocenters. The predicted molar refractivity (Wildman–Crippen MR) is 104 cm³/mol. The summed E-state index contributed by atoms with van der Waals surface area (Å²) in [5, 5.41) is 0. The summed E-state index contributed by atoms with van der Waals surface area (Å²) < 4.78 is 6.30. The summed E-state index contributed by atoms with van der Waals surface area (Å²) in [5.74, 6) is 0.192. The summed E-state index contributed by atoms with van der Waals surface area (Å²) >= 11 is 0. The summed E-state index contributed by atoms with van der Waals surface area (Å²) in [4.78, 5) is 43.5. The Labute approximate surface area is 170 Å². The number of carbonyl (C=O) groups excluding carboxylic acids is 3. The molecule has 0 saturated carbocycles. The van der Waals surface area contributed by atoms with E-state index in [1.807, 2.05) is 40.1 Å². The molecule has 1 spiro atoms. The highest BCUT2D eigenvalue weighted by Gasteiger charge is 2.65. The van der Waals surface area contributed by atoms with Crippen molar-refractivity contribution in [2.45, 2.75) is 50.4 Å². The molecule has 0 aromatic heterocycles. The molecular formula is C22H27N3O4. The van der Waals surface area contributed by atoms with Crippen molar-refractivity contribution >= 4 is 17.7 Å². The van der Waals surface area contributed by atoms with Gasteiger partial charge in [-0.05, 0) is 18.4 Å². The lowest BCUT2D eigenvalue weighted by atomic mass is 9.94. The molecule has 4 fully saturated rings. The minimum atomic E-state index is -0.673. The molecule has 3 amide bonds. The zero-order chi connectivity index (χ0) is 20.2. The van der Waals surface area contributed by atoms with Gasteiger partial charge in [0.1, 0.15) is 0 Å². The van der Waals surface area contributed by atoms with E-state index in [9.17, 15) is 14.4 Å². The van der Waals surface area contributed by atoms with Crippen LogP contribution in [0.4, 0.5) is 0 Å². The molecule has 29 heavy (non-hydrogen) atoms. The number of nitrogens with zero attached hydrogens (tertiary/aromatic N) is 3. The topological polar surface area (TPSA) is 70.2 Å². The maximum absolute atomic E-state index is 13.3. The van der Waals surface area contributed by atoms with Crippen molar-refractivity contribution in [1.82, 2.24) is 14.7 Å². The first-order valence-corrected chi connectivity index (χ1v) is 10.6. The van der Waals surface area contributed by atoms with Gasteiger partial charge < -0.3 is 19.4 Å². The number of rotatable bonds is 2. The molecule has 7 nitrogen and oxygen atoms in total. The van der Waals surface area contributed by atoms with E-state index in [-0.39, 0.29) is 35.7 Å². The molecule has 4 aliphatic rings. The van der Waals surface area contributed by atoms with Gasteiger partial charge in [0.25, 0.3) is 0 Å². The lowest BCUT2D eigenvalue weighted by molar-refractivity contribution is -0.145. The standard InChI is InChI=1S/C22H27N3O4/c1-15(26)23-10-7-17(8-11-23)21(28)24-12-9-22-19(24)13-20(27)25(22)18(14-29-22)16-5-3-2-4-6-16/h2-6,17-19H,7-14H2,1H3/t18-,19+,22-/m0/s1. The Morgan fingerprint density at radius 2 is 1.83 bits per heavy atom. The van der Waals surface area contributed by atoms with E-state index in [1.54, 1.807) is 11.8 Å². The lowest BCUT2D eigenvalue weighted by Gasteiger charge is -2.36. The van der Waals surface area contributed by atoms with Gasteiger partial charge in [-0.2, -0.15) is 0 Å². The lowest BCUT2D eigenvalue weighted by Crippen LogP contribution is -2.51. The number of hydrogen-bond donors (Lipinski definition) is 0. The Hall–Kier alpha value is -2.41. The summed E-state index contributed by atoms with van der Waals surface area (Å²) in [6.07, 6.45) is 2.39. The fourth-order valence-electron chi connectivity index (χ4n) is 5.71. The molecule has 7 heteroatoms. The fraction of sp³-hybridized carbons (Fsp3) is 0.591. The second-order valence-corrected chi connectivity index (χ2v) is 8.63. The van der Waals surface area contributed by atoms with Crippen LogP contribution in [0.15, 0.2) is 30.3 Å². The number of piperidine rings is 1. The van der Waals surface area contributed by atoms with Gasteiger partial charge in [0.05, 0.1) is 25.1 Å². The minimum absolute atomic E-state index is 0.0689. The number of ether oxygens (including phenoxy) is 1. The first kappa shape index (κ1) is 18.6. The number of likely N-dealkylation sites (tertiary alicyclic amines) is 2. The number of hydrogen-bond acceptors (Lipinski definition) is 4. The Bertz CT molecular complexity index is 836. The molecule has 4 heterocycles. The minimum Gasteiger partial charge on any atom is -0.351 e. The molecule has 5 rings (SSSR count). The predicted octanol–water partition coefficient (Wildman–Crippen LogP) is 1.55. The molecule has 0 radical (unpaired) electrons. The quantitative estimate of drug-likeness (QED) is 0.759. The smallest absolute Gasteiger partial charge is 0.227 e. The molecule has 4 aliphatic heterocycles. The fourth-order valence-corrected chi connectivity index (χ4v) is 5.71. The molecule has 1 aromatic carbocycles. The van der Waals surface area contributed by atoms with Crippen LogP contribution in [0.1, 0.15) is 44.2 Å². The van der Waals surface area contributed by atoms with Gasteiger partial charge in [-0.3, -0.25) is 14.4 Å². The van der Waals surface area contributed by atoms with Crippen LogP contribution in [0.5, 0.6) is 0 Å². The van der Waals surface area contributed by atoms with Crippen LogP contribution in [0.25, 0.3) is 0 Å². The van der Waals surface area contributed by atoms with Crippen LogP contribution in [0.2, 0.25) is 0 Å². The highest BCUT2D eigenvalue weighted by Crippen LogP contribution is 2.51. The molecule has 0 aliphatic carbocycles. The second kappa shape index (κ2) is 6.83. The van der Waals surface area contributed by atoms with E-state index in [2.05, 4.69) is 0 Å². The van der Waals surface area contributed by atoms with E-state index in [4.69, 9.17) is 4.74 Å². The van der Waals surface area contributed by atoms with Crippen molar-refractivity contribution in [3.05, 3.63) is 35.9 Å². The van der Waals surface area contributed by atoms with E-state index < -0.39 is 5.72 Å². The Morgan fingerprint density at radius 1 is 1.10 bits per heavy atom. The monoisotopic (exact) mass is 397 g/mol. The van der Waals surface area contributed by atoms with Gasteiger partial charge in [0, 0.05) is 38.9 Å².